The third-order valence-electron chi connectivity index (χ3n) is 3.80. The van der Waals surface area contributed by atoms with E-state index in [1.165, 1.54) is 12.7 Å². The quantitative estimate of drug-likeness (QED) is 0.513. The van der Waals surface area contributed by atoms with Gasteiger partial charge in [-0.1, -0.05) is 12.1 Å². The van der Waals surface area contributed by atoms with Crippen LogP contribution in [0, 0.1) is 12.3 Å². The lowest BCUT2D eigenvalue weighted by atomic mass is 10.1. The van der Waals surface area contributed by atoms with Gasteiger partial charge in [-0.2, -0.15) is 11.8 Å². The molecule has 1 saturated carbocycles. The molecule has 1 aromatic carbocycles. The van der Waals surface area contributed by atoms with E-state index >= 15 is 0 Å². The summed E-state index contributed by atoms with van der Waals surface area (Å²) in [6.45, 7) is 2.82. The van der Waals surface area contributed by atoms with Gasteiger partial charge in [0.15, 0.2) is 0 Å². The zero-order valence-corrected chi connectivity index (χ0v) is 13.7. The molecule has 1 fully saturated rings. The zero-order chi connectivity index (χ0) is 15.1. The first kappa shape index (κ1) is 16.2. The van der Waals surface area contributed by atoms with Crippen molar-refractivity contribution in [2.45, 2.75) is 32.6 Å². The van der Waals surface area contributed by atoms with Gasteiger partial charge in [0.1, 0.15) is 5.75 Å². The fourth-order valence-electron chi connectivity index (χ4n) is 2.27. The highest BCUT2D eigenvalue weighted by molar-refractivity contribution is 7.99. The van der Waals surface area contributed by atoms with Crippen molar-refractivity contribution in [3.63, 3.8) is 0 Å². The molecule has 0 heterocycles. The number of aryl methyl sites for hydroxylation is 1. The maximum atomic E-state index is 11.3. The molecule has 4 heteroatoms. The number of esters is 1. The Morgan fingerprint density at radius 1 is 1.38 bits per heavy atom. The summed E-state index contributed by atoms with van der Waals surface area (Å²) in [6.07, 6.45) is 3.94. The van der Waals surface area contributed by atoms with Crippen LogP contribution in [0.2, 0.25) is 0 Å². The first-order valence-corrected chi connectivity index (χ1v) is 8.63. The minimum Gasteiger partial charge on any atom is -0.494 e. The summed E-state index contributed by atoms with van der Waals surface area (Å²) in [5.41, 5.74) is 1.45. The number of rotatable bonds is 9. The molecular weight excluding hydrogens is 284 g/mol. The van der Waals surface area contributed by atoms with E-state index in [-0.39, 0.29) is 11.4 Å². The van der Waals surface area contributed by atoms with Crippen molar-refractivity contribution in [3.8, 4) is 5.75 Å². The Morgan fingerprint density at radius 2 is 2.19 bits per heavy atom. The van der Waals surface area contributed by atoms with E-state index < -0.39 is 0 Å². The number of ether oxygens (including phenoxy) is 2. The Morgan fingerprint density at radius 3 is 2.86 bits per heavy atom. The third-order valence-corrected chi connectivity index (χ3v) is 5.20. The molecule has 3 nitrogen and oxygen atoms in total. The van der Waals surface area contributed by atoms with Crippen LogP contribution in [0.5, 0.6) is 5.75 Å². The van der Waals surface area contributed by atoms with Gasteiger partial charge in [0.2, 0.25) is 0 Å². The zero-order valence-electron chi connectivity index (χ0n) is 12.9. The first-order valence-electron chi connectivity index (χ1n) is 7.48. The van der Waals surface area contributed by atoms with Gasteiger partial charge in [-0.25, -0.2) is 0 Å². The van der Waals surface area contributed by atoms with Gasteiger partial charge < -0.3 is 9.47 Å². The predicted molar refractivity (Wildman–Crippen MR) is 86.9 cm³/mol. The highest BCUT2D eigenvalue weighted by atomic mass is 32.2. The van der Waals surface area contributed by atoms with Crippen LogP contribution >= 0.6 is 11.8 Å². The predicted octanol–water partition coefficient (Wildman–Crippen LogP) is 3.84. The molecule has 0 radical (unpaired) electrons. The van der Waals surface area contributed by atoms with E-state index in [1.54, 1.807) is 0 Å². The van der Waals surface area contributed by atoms with Crippen molar-refractivity contribution in [2.75, 3.05) is 25.2 Å². The number of thioether (sulfide) groups is 1. The summed E-state index contributed by atoms with van der Waals surface area (Å²) in [7, 11) is 1.47. The summed E-state index contributed by atoms with van der Waals surface area (Å²) in [5, 5.41) is 0. The first-order chi connectivity index (χ1) is 10.1. The number of carbonyl (C=O) groups excluding carboxylic acids is 1. The summed E-state index contributed by atoms with van der Waals surface area (Å²) >= 11 is 1.93. The van der Waals surface area contributed by atoms with Crippen LogP contribution in [-0.4, -0.2) is 31.2 Å². The minimum absolute atomic E-state index is 0.0733. The standard InChI is InChI=1S/C17H24O3S/c1-14-5-3-6-15(11-14)20-9-4-10-21-13-17(7-8-17)12-16(18)19-2/h3,5-6,11H,4,7-10,12-13H2,1-2H3. The van der Waals surface area contributed by atoms with Crippen molar-refractivity contribution in [2.24, 2.45) is 5.41 Å². The van der Waals surface area contributed by atoms with Gasteiger partial charge in [-0.3, -0.25) is 4.79 Å². The van der Waals surface area contributed by atoms with E-state index in [9.17, 15) is 4.79 Å². The molecule has 0 aliphatic heterocycles. The molecular formula is C17H24O3S. The largest absolute Gasteiger partial charge is 0.494 e. The second-order valence-electron chi connectivity index (χ2n) is 5.82. The highest BCUT2D eigenvalue weighted by Crippen LogP contribution is 2.51. The second-order valence-corrected chi connectivity index (χ2v) is 6.93. The van der Waals surface area contributed by atoms with Gasteiger partial charge in [-0.15, -0.1) is 0 Å². The van der Waals surface area contributed by atoms with Crippen molar-refractivity contribution in [1.29, 1.82) is 0 Å². The average Bonchev–Trinajstić information content (AvgIpc) is 3.22. The monoisotopic (exact) mass is 308 g/mol. The number of hydrogen-bond acceptors (Lipinski definition) is 4. The van der Waals surface area contributed by atoms with Gasteiger partial charge in [-0.05, 0) is 60.8 Å². The fourth-order valence-corrected chi connectivity index (χ4v) is 3.56. The Bertz CT molecular complexity index is 469. The lowest BCUT2D eigenvalue weighted by Crippen LogP contribution is -2.13. The lowest BCUT2D eigenvalue weighted by molar-refractivity contribution is -0.141. The maximum Gasteiger partial charge on any atom is 0.306 e. The molecule has 0 atom stereocenters. The Hall–Kier alpha value is -1.16. The van der Waals surface area contributed by atoms with Crippen molar-refractivity contribution >= 4 is 17.7 Å². The molecule has 1 aromatic rings. The second kappa shape index (κ2) is 7.74. The molecule has 0 aromatic heterocycles. The molecule has 21 heavy (non-hydrogen) atoms. The van der Waals surface area contributed by atoms with E-state index in [0.29, 0.717) is 6.42 Å². The number of carbonyl (C=O) groups is 1. The number of benzene rings is 1. The van der Waals surface area contributed by atoms with Crippen LogP contribution in [0.25, 0.3) is 0 Å². The molecule has 2 rings (SSSR count). The van der Waals surface area contributed by atoms with Crippen molar-refractivity contribution in [3.05, 3.63) is 29.8 Å². The van der Waals surface area contributed by atoms with Crippen LogP contribution in [0.4, 0.5) is 0 Å². The van der Waals surface area contributed by atoms with Crippen molar-refractivity contribution in [1.82, 2.24) is 0 Å². The lowest BCUT2D eigenvalue weighted by Gasteiger charge is -2.13. The average molecular weight is 308 g/mol. The molecule has 1 aliphatic carbocycles. The van der Waals surface area contributed by atoms with Gasteiger partial charge in [0.25, 0.3) is 0 Å². The number of hydrogen-bond donors (Lipinski definition) is 0. The Labute approximate surface area is 131 Å². The third kappa shape index (κ3) is 5.62. The molecule has 0 saturated heterocycles. The highest BCUT2D eigenvalue weighted by Gasteiger charge is 2.44. The fraction of sp³-hybridized carbons (Fsp3) is 0.588. The van der Waals surface area contributed by atoms with E-state index in [1.807, 2.05) is 23.9 Å². The molecule has 0 bridgehead atoms. The molecule has 0 spiro atoms. The summed E-state index contributed by atoms with van der Waals surface area (Å²) in [4.78, 5) is 11.3. The van der Waals surface area contributed by atoms with Crippen LogP contribution in [0.1, 0.15) is 31.2 Å². The van der Waals surface area contributed by atoms with Crippen LogP contribution in [0.3, 0.4) is 0 Å². The van der Waals surface area contributed by atoms with Gasteiger partial charge >= 0.3 is 5.97 Å². The normalized spacial score (nSPS) is 15.5. The van der Waals surface area contributed by atoms with Gasteiger partial charge in [0, 0.05) is 0 Å². The van der Waals surface area contributed by atoms with E-state index in [4.69, 9.17) is 9.47 Å². The van der Waals surface area contributed by atoms with Crippen LogP contribution in [-0.2, 0) is 9.53 Å². The SMILES string of the molecule is COC(=O)CC1(CSCCCOc2cccc(C)c2)CC1. The number of methoxy groups -OCH3 is 1. The van der Waals surface area contributed by atoms with E-state index in [2.05, 4.69) is 19.1 Å². The van der Waals surface area contributed by atoms with Crippen LogP contribution in [0.15, 0.2) is 24.3 Å². The summed E-state index contributed by atoms with van der Waals surface area (Å²) < 4.78 is 10.5. The molecule has 0 unspecified atom stereocenters. The molecule has 0 N–H and O–H groups in total. The molecule has 0 amide bonds. The smallest absolute Gasteiger partial charge is 0.306 e. The summed E-state index contributed by atoms with van der Waals surface area (Å²) in [5.74, 6) is 3.02. The van der Waals surface area contributed by atoms with Crippen LogP contribution < -0.4 is 4.74 Å². The van der Waals surface area contributed by atoms with E-state index in [0.717, 1.165) is 43.1 Å². The minimum atomic E-state index is -0.0733. The molecule has 1 aliphatic rings. The van der Waals surface area contributed by atoms with Crippen molar-refractivity contribution < 1.29 is 14.3 Å². The molecule has 116 valence electrons. The Kier molecular flexibility index (Phi) is 5.97. The van der Waals surface area contributed by atoms with Gasteiger partial charge in [0.05, 0.1) is 20.1 Å². The Balaban J connectivity index is 1.55. The summed E-state index contributed by atoms with van der Waals surface area (Å²) in [6, 6.07) is 8.14. The maximum absolute atomic E-state index is 11.3. The topological polar surface area (TPSA) is 35.5 Å².